The van der Waals surface area contributed by atoms with E-state index in [2.05, 4.69) is 48.2 Å². The van der Waals surface area contributed by atoms with Gasteiger partial charge in [0.25, 0.3) is 0 Å². The van der Waals surface area contributed by atoms with Gasteiger partial charge in [-0.25, -0.2) is 4.79 Å². The first kappa shape index (κ1) is 22.5. The molecule has 0 aliphatic carbocycles. The lowest BCUT2D eigenvalue weighted by atomic mass is 10.1. The molecule has 2 N–H and O–H groups in total. The van der Waals surface area contributed by atoms with E-state index in [1.807, 2.05) is 20.8 Å². The number of hydrogen-bond acceptors (Lipinski definition) is 4. The van der Waals surface area contributed by atoms with E-state index in [1.165, 1.54) is 0 Å². The lowest BCUT2D eigenvalue weighted by Crippen LogP contribution is -2.50. The second-order valence-electron chi connectivity index (χ2n) is 8.80. The van der Waals surface area contributed by atoms with E-state index < -0.39 is 5.60 Å². The minimum absolute atomic E-state index is 0.000997. The molecule has 0 bridgehead atoms. The van der Waals surface area contributed by atoms with Crippen LogP contribution in [0, 0.1) is 0 Å². The van der Waals surface area contributed by atoms with Crippen LogP contribution in [0.2, 0.25) is 0 Å². The number of ether oxygens (including phenoxy) is 1. The molecule has 1 aliphatic heterocycles. The lowest BCUT2D eigenvalue weighted by molar-refractivity contribution is 0.0145. The molecule has 1 saturated heterocycles. The van der Waals surface area contributed by atoms with Crippen LogP contribution in [0.1, 0.15) is 54.9 Å². The maximum atomic E-state index is 12.1. The predicted molar refractivity (Wildman–Crippen MR) is 108 cm³/mol. The highest BCUT2D eigenvalue weighted by Gasteiger charge is 2.25. The van der Waals surface area contributed by atoms with Gasteiger partial charge in [0.2, 0.25) is 0 Å². The Morgan fingerprint density at radius 2 is 1.69 bits per heavy atom. The summed E-state index contributed by atoms with van der Waals surface area (Å²) in [6, 6.07) is 0. The summed E-state index contributed by atoms with van der Waals surface area (Å²) in [6.45, 7) is 20.0. The maximum absolute atomic E-state index is 12.1. The molecule has 1 rings (SSSR count). The largest absolute Gasteiger partial charge is 0.444 e. The number of piperazine rings is 1. The Kier molecular flexibility index (Phi) is 8.67. The summed E-state index contributed by atoms with van der Waals surface area (Å²) in [7, 11) is 0. The molecule has 1 heterocycles. The van der Waals surface area contributed by atoms with E-state index in [-0.39, 0.29) is 11.6 Å². The second-order valence-corrected chi connectivity index (χ2v) is 8.80. The molecule has 0 aromatic carbocycles. The standard InChI is InChI=1S/C19H39N5O2/c1-8-20-16(22-18(2,3)4)21-10-9-11-23-12-14-24(15-13-23)17(25)26-19(5,6)7/h8-15H2,1-7H3,(H2,20,21,22). The predicted octanol–water partition coefficient (Wildman–Crippen LogP) is 2.28. The van der Waals surface area contributed by atoms with Crippen molar-refractivity contribution in [1.29, 1.82) is 0 Å². The van der Waals surface area contributed by atoms with Crippen LogP contribution in [0.5, 0.6) is 0 Å². The number of hydrogen-bond donors (Lipinski definition) is 2. The minimum atomic E-state index is -0.433. The lowest BCUT2D eigenvalue weighted by Gasteiger charge is -2.35. The molecule has 1 aliphatic rings. The molecule has 0 spiro atoms. The summed E-state index contributed by atoms with van der Waals surface area (Å²) in [5, 5.41) is 6.68. The smallest absolute Gasteiger partial charge is 0.410 e. The number of carbonyl (C=O) groups is 1. The van der Waals surface area contributed by atoms with E-state index in [0.29, 0.717) is 0 Å². The second kappa shape index (κ2) is 10.00. The zero-order valence-corrected chi connectivity index (χ0v) is 17.8. The third-order valence-electron chi connectivity index (χ3n) is 3.76. The van der Waals surface area contributed by atoms with Gasteiger partial charge in [0.05, 0.1) is 0 Å². The Balaban J connectivity index is 2.31. The Morgan fingerprint density at radius 3 is 2.19 bits per heavy atom. The minimum Gasteiger partial charge on any atom is -0.444 e. The maximum Gasteiger partial charge on any atom is 0.410 e. The highest BCUT2D eigenvalue weighted by atomic mass is 16.6. The average molecular weight is 370 g/mol. The van der Waals surface area contributed by atoms with Crippen LogP contribution in [-0.4, -0.2) is 78.8 Å². The topological polar surface area (TPSA) is 69.2 Å². The van der Waals surface area contributed by atoms with Gasteiger partial charge in [0.1, 0.15) is 5.60 Å². The Morgan fingerprint density at radius 1 is 1.08 bits per heavy atom. The van der Waals surface area contributed by atoms with Gasteiger partial charge < -0.3 is 20.3 Å². The quantitative estimate of drug-likeness (QED) is 0.442. The first-order valence-electron chi connectivity index (χ1n) is 9.77. The molecule has 7 nitrogen and oxygen atoms in total. The van der Waals surface area contributed by atoms with Crippen molar-refractivity contribution in [3.8, 4) is 0 Å². The Hall–Kier alpha value is -1.50. The third kappa shape index (κ3) is 9.85. The van der Waals surface area contributed by atoms with Crippen LogP contribution in [0.15, 0.2) is 4.99 Å². The van der Waals surface area contributed by atoms with Crippen molar-refractivity contribution in [3.63, 3.8) is 0 Å². The molecule has 0 unspecified atom stereocenters. The fourth-order valence-corrected chi connectivity index (χ4v) is 2.63. The van der Waals surface area contributed by atoms with Crippen molar-refractivity contribution in [2.45, 2.75) is 66.0 Å². The number of carbonyl (C=O) groups excluding carboxylic acids is 1. The number of amides is 1. The normalized spacial score (nSPS) is 17.2. The SMILES string of the molecule is CCNC(=NCCCN1CCN(C(=O)OC(C)(C)C)CC1)NC(C)(C)C. The summed E-state index contributed by atoms with van der Waals surface area (Å²) in [4.78, 5) is 20.9. The van der Waals surface area contributed by atoms with E-state index in [1.54, 1.807) is 4.90 Å². The summed E-state index contributed by atoms with van der Waals surface area (Å²) in [5.41, 5.74) is -0.434. The molecule has 26 heavy (non-hydrogen) atoms. The van der Waals surface area contributed by atoms with Gasteiger partial charge in [0.15, 0.2) is 5.96 Å². The molecular weight excluding hydrogens is 330 g/mol. The fraction of sp³-hybridized carbons (Fsp3) is 0.895. The Labute approximate surface area is 159 Å². The molecular formula is C19H39N5O2. The van der Waals surface area contributed by atoms with Crippen molar-refractivity contribution >= 4 is 12.1 Å². The summed E-state index contributed by atoms with van der Waals surface area (Å²) < 4.78 is 5.44. The van der Waals surface area contributed by atoms with E-state index >= 15 is 0 Å². The van der Waals surface area contributed by atoms with E-state index in [4.69, 9.17) is 4.74 Å². The van der Waals surface area contributed by atoms with Crippen LogP contribution < -0.4 is 10.6 Å². The van der Waals surface area contributed by atoms with Gasteiger partial charge >= 0.3 is 6.09 Å². The number of nitrogens with zero attached hydrogens (tertiary/aromatic N) is 3. The molecule has 1 fully saturated rings. The molecule has 0 radical (unpaired) electrons. The molecule has 0 aromatic heterocycles. The highest BCUT2D eigenvalue weighted by Crippen LogP contribution is 2.12. The van der Waals surface area contributed by atoms with E-state index in [0.717, 1.165) is 58.2 Å². The summed E-state index contributed by atoms with van der Waals surface area (Å²) >= 11 is 0. The monoisotopic (exact) mass is 369 g/mol. The van der Waals surface area contributed by atoms with Crippen LogP contribution in [0.4, 0.5) is 4.79 Å². The van der Waals surface area contributed by atoms with Gasteiger partial charge in [-0.2, -0.15) is 0 Å². The summed E-state index contributed by atoms with van der Waals surface area (Å²) in [6.07, 6.45) is 0.804. The molecule has 1 amide bonds. The van der Waals surface area contributed by atoms with Crippen LogP contribution >= 0.6 is 0 Å². The molecule has 0 atom stereocenters. The van der Waals surface area contributed by atoms with Crippen molar-refractivity contribution in [1.82, 2.24) is 20.4 Å². The molecule has 0 saturated carbocycles. The van der Waals surface area contributed by atoms with Crippen molar-refractivity contribution < 1.29 is 9.53 Å². The van der Waals surface area contributed by atoms with Gasteiger partial charge in [-0.15, -0.1) is 0 Å². The zero-order chi connectivity index (χ0) is 19.8. The van der Waals surface area contributed by atoms with Gasteiger partial charge in [-0.05, 0) is 54.9 Å². The summed E-state index contributed by atoms with van der Waals surface area (Å²) in [5.74, 6) is 0.870. The molecule has 152 valence electrons. The number of guanidine groups is 1. The van der Waals surface area contributed by atoms with Crippen LogP contribution in [0.3, 0.4) is 0 Å². The van der Waals surface area contributed by atoms with Crippen LogP contribution in [-0.2, 0) is 4.74 Å². The molecule has 0 aromatic rings. The van der Waals surface area contributed by atoms with Crippen molar-refractivity contribution in [2.24, 2.45) is 4.99 Å². The Bertz CT molecular complexity index is 458. The van der Waals surface area contributed by atoms with Gasteiger partial charge in [-0.1, -0.05) is 0 Å². The third-order valence-corrected chi connectivity index (χ3v) is 3.76. The zero-order valence-electron chi connectivity index (χ0n) is 17.8. The number of aliphatic imine (C=N–C) groups is 1. The van der Waals surface area contributed by atoms with Crippen LogP contribution in [0.25, 0.3) is 0 Å². The number of rotatable bonds is 5. The van der Waals surface area contributed by atoms with Crippen molar-refractivity contribution in [2.75, 3.05) is 45.8 Å². The average Bonchev–Trinajstić information content (AvgIpc) is 2.49. The highest BCUT2D eigenvalue weighted by molar-refractivity contribution is 5.80. The van der Waals surface area contributed by atoms with E-state index in [9.17, 15) is 4.79 Å². The number of nitrogens with one attached hydrogen (secondary N) is 2. The fourth-order valence-electron chi connectivity index (χ4n) is 2.63. The van der Waals surface area contributed by atoms with Gasteiger partial charge in [-0.3, -0.25) is 9.89 Å². The first-order chi connectivity index (χ1) is 12.0. The van der Waals surface area contributed by atoms with Crippen molar-refractivity contribution in [3.05, 3.63) is 0 Å². The molecule has 7 heteroatoms. The van der Waals surface area contributed by atoms with Gasteiger partial charge in [0, 0.05) is 51.4 Å². The first-order valence-corrected chi connectivity index (χ1v) is 9.77.